The molecule has 0 aliphatic heterocycles. The zero-order valence-corrected chi connectivity index (χ0v) is 23.7. The van der Waals surface area contributed by atoms with E-state index in [9.17, 15) is 9.59 Å². The van der Waals surface area contributed by atoms with E-state index in [0.717, 1.165) is 54.9 Å². The normalized spacial score (nSPS) is 34.6. The number of hydrogen-bond donors (Lipinski definition) is 2. The van der Waals surface area contributed by atoms with Crippen LogP contribution < -0.4 is 5.32 Å². The van der Waals surface area contributed by atoms with Crippen LogP contribution in [0.1, 0.15) is 77.8 Å². The lowest BCUT2D eigenvalue weighted by Crippen LogP contribution is -2.51. The van der Waals surface area contributed by atoms with Gasteiger partial charge in [0.1, 0.15) is 5.78 Å². The number of benzene rings is 1. The van der Waals surface area contributed by atoms with Crippen LogP contribution in [0, 0.1) is 34.5 Å². The lowest BCUT2D eigenvalue weighted by Gasteiger charge is -2.58. The first-order chi connectivity index (χ1) is 18.8. The molecule has 2 N–H and O–H groups in total. The number of allylic oxidation sites excluding steroid dienone is 2. The molecule has 4 aliphatic rings. The first-order valence-electron chi connectivity index (χ1n) is 15.0. The molecule has 0 bridgehead atoms. The summed E-state index contributed by atoms with van der Waals surface area (Å²) in [6, 6.07) is 10.3. The molecule has 1 aromatic carbocycles. The molecule has 1 amide bonds. The van der Waals surface area contributed by atoms with E-state index in [1.54, 1.807) is 0 Å². The Hall–Kier alpha value is -2.89. The predicted octanol–water partition coefficient (Wildman–Crippen LogP) is 6.37. The number of para-hydroxylation sites is 1. The van der Waals surface area contributed by atoms with Gasteiger partial charge in [0.2, 0.25) is 0 Å². The maximum atomic E-state index is 12.4. The molecular weight excluding hydrogens is 486 g/mol. The number of carbonyl (C=O) groups excluding carboxylic acids is 2. The number of amides is 1. The van der Waals surface area contributed by atoms with Crippen molar-refractivity contribution in [3.8, 4) is 0 Å². The number of fused-ring (bicyclic) bond motifs is 6. The van der Waals surface area contributed by atoms with Crippen LogP contribution >= 0.6 is 0 Å². The number of hydrogen-bond acceptors (Lipinski definition) is 4. The minimum Gasteiger partial charge on any atom is -0.385 e. The molecule has 0 spiro atoms. The van der Waals surface area contributed by atoms with Crippen LogP contribution in [0.3, 0.4) is 0 Å². The Bertz CT molecular complexity index is 1290. The zero-order chi connectivity index (χ0) is 27.2. The van der Waals surface area contributed by atoms with Crippen LogP contribution in [0.25, 0.3) is 10.9 Å². The van der Waals surface area contributed by atoms with Gasteiger partial charge in [0.15, 0.2) is 6.61 Å². The van der Waals surface area contributed by atoms with Gasteiger partial charge in [-0.3, -0.25) is 9.59 Å². The fourth-order valence-corrected chi connectivity index (χ4v) is 9.14. The highest BCUT2D eigenvalue weighted by Gasteiger charge is 2.59. The SMILES string of the molecule is CC(=O)[C@@H]1CC[C@@H]2[C@H]3CCC4=CC(=NOCC(=O)NCCc5cc6ccccc6[nH]5)CC[C@]4(C)[C@@H]3CC[C@@]21C. The van der Waals surface area contributed by atoms with E-state index in [1.807, 2.05) is 19.1 Å². The van der Waals surface area contributed by atoms with Gasteiger partial charge in [-0.05, 0) is 110 Å². The van der Waals surface area contributed by atoms with Gasteiger partial charge < -0.3 is 15.1 Å². The fourth-order valence-electron chi connectivity index (χ4n) is 9.14. The van der Waals surface area contributed by atoms with Gasteiger partial charge in [-0.25, -0.2) is 0 Å². The number of aromatic amines is 1. The summed E-state index contributed by atoms with van der Waals surface area (Å²) >= 11 is 0. The Kier molecular flexibility index (Phi) is 6.93. The molecule has 1 aromatic heterocycles. The minimum absolute atomic E-state index is 0.0566. The van der Waals surface area contributed by atoms with Crippen molar-refractivity contribution in [2.75, 3.05) is 13.2 Å². The van der Waals surface area contributed by atoms with E-state index in [2.05, 4.69) is 53.6 Å². The van der Waals surface area contributed by atoms with Crippen molar-refractivity contribution in [1.82, 2.24) is 10.3 Å². The van der Waals surface area contributed by atoms with Crippen LogP contribution in [0.4, 0.5) is 0 Å². The number of H-pyrrole nitrogens is 1. The Morgan fingerprint density at radius 1 is 1.08 bits per heavy atom. The van der Waals surface area contributed by atoms with Crippen molar-refractivity contribution in [3.05, 3.63) is 47.7 Å². The third kappa shape index (κ3) is 4.74. The molecule has 6 nitrogen and oxygen atoms in total. The van der Waals surface area contributed by atoms with E-state index >= 15 is 0 Å². The molecule has 6 heteroatoms. The highest BCUT2D eigenvalue weighted by Crippen LogP contribution is 2.66. The molecule has 0 unspecified atom stereocenters. The van der Waals surface area contributed by atoms with Crippen molar-refractivity contribution in [3.63, 3.8) is 0 Å². The number of rotatable bonds is 7. The number of ketones is 1. The molecule has 208 valence electrons. The summed E-state index contributed by atoms with van der Waals surface area (Å²) in [5.41, 5.74) is 5.13. The number of nitrogens with zero attached hydrogens (tertiary/aromatic N) is 1. The maximum Gasteiger partial charge on any atom is 0.260 e. The van der Waals surface area contributed by atoms with Gasteiger partial charge >= 0.3 is 0 Å². The van der Waals surface area contributed by atoms with Crippen LogP contribution in [0.15, 0.2) is 47.1 Å². The molecular formula is C33H43N3O3. The second kappa shape index (κ2) is 10.3. The van der Waals surface area contributed by atoms with E-state index < -0.39 is 0 Å². The molecule has 6 atom stereocenters. The third-order valence-corrected chi connectivity index (χ3v) is 11.1. The smallest absolute Gasteiger partial charge is 0.260 e. The van der Waals surface area contributed by atoms with Gasteiger partial charge in [0.25, 0.3) is 5.91 Å². The van der Waals surface area contributed by atoms with Gasteiger partial charge in [-0.15, -0.1) is 0 Å². The number of carbonyl (C=O) groups is 2. The van der Waals surface area contributed by atoms with Crippen molar-refractivity contribution in [1.29, 1.82) is 0 Å². The Morgan fingerprint density at radius 2 is 1.92 bits per heavy atom. The Morgan fingerprint density at radius 3 is 2.74 bits per heavy atom. The average Bonchev–Trinajstić information content (AvgIpc) is 3.49. The number of aromatic nitrogens is 1. The van der Waals surface area contributed by atoms with Gasteiger partial charge in [-0.1, -0.05) is 42.8 Å². The number of Topliss-reactive ketones (excluding diaryl/α,β-unsaturated/α-hetero) is 1. The average molecular weight is 530 g/mol. The van der Waals surface area contributed by atoms with Gasteiger partial charge in [0.05, 0.1) is 5.71 Å². The second-order valence-electron chi connectivity index (χ2n) is 13.1. The lowest BCUT2D eigenvalue weighted by molar-refractivity contribution is -0.128. The quantitative estimate of drug-likeness (QED) is 0.409. The molecule has 6 rings (SSSR count). The highest BCUT2D eigenvalue weighted by atomic mass is 16.6. The summed E-state index contributed by atoms with van der Waals surface area (Å²) in [5.74, 6) is 2.65. The van der Waals surface area contributed by atoms with Crippen LogP contribution in [-0.2, 0) is 20.8 Å². The summed E-state index contributed by atoms with van der Waals surface area (Å²) in [7, 11) is 0. The van der Waals surface area contributed by atoms with Gasteiger partial charge in [0, 0.05) is 30.1 Å². The van der Waals surface area contributed by atoms with Crippen LogP contribution in [0.5, 0.6) is 0 Å². The predicted molar refractivity (Wildman–Crippen MR) is 154 cm³/mol. The third-order valence-electron chi connectivity index (χ3n) is 11.1. The number of oxime groups is 1. The maximum absolute atomic E-state index is 12.4. The molecule has 2 aromatic rings. The largest absolute Gasteiger partial charge is 0.385 e. The van der Waals surface area contributed by atoms with E-state index in [0.29, 0.717) is 24.2 Å². The molecule has 3 saturated carbocycles. The van der Waals surface area contributed by atoms with Crippen LogP contribution in [0.2, 0.25) is 0 Å². The summed E-state index contributed by atoms with van der Waals surface area (Å²) in [6.45, 7) is 7.21. The van der Waals surface area contributed by atoms with E-state index in [-0.39, 0.29) is 29.3 Å². The summed E-state index contributed by atoms with van der Waals surface area (Å²) in [6.07, 6.45) is 12.1. The topological polar surface area (TPSA) is 83.5 Å². The minimum atomic E-state index is -0.144. The molecule has 1 heterocycles. The van der Waals surface area contributed by atoms with E-state index in [1.165, 1.54) is 36.6 Å². The molecule has 3 fully saturated rings. The highest BCUT2D eigenvalue weighted by molar-refractivity contribution is 5.96. The second-order valence-corrected chi connectivity index (χ2v) is 13.1. The molecule has 0 saturated heterocycles. The van der Waals surface area contributed by atoms with Gasteiger partial charge in [-0.2, -0.15) is 0 Å². The first kappa shape index (κ1) is 26.3. The Labute approximate surface area is 232 Å². The summed E-state index contributed by atoms with van der Waals surface area (Å²) in [5, 5.41) is 8.50. The zero-order valence-electron chi connectivity index (χ0n) is 23.7. The monoisotopic (exact) mass is 529 g/mol. The van der Waals surface area contributed by atoms with Crippen molar-refractivity contribution in [2.24, 2.45) is 39.7 Å². The standard InChI is InChI=1S/C33H43N3O3/c1-21(37)27-10-11-28-26-9-8-23-19-25(12-15-32(23,2)29(26)13-16-33(27,28)3)36-39-20-31(38)34-17-14-24-18-22-6-4-5-7-30(22)35-24/h4-7,18-19,26-29,35H,8-17,20H2,1-3H3,(H,34,38)/t26-,27+,28-,29-,32+,33-/m1/s1. The molecule has 39 heavy (non-hydrogen) atoms. The summed E-state index contributed by atoms with van der Waals surface area (Å²) in [4.78, 5) is 33.6. The number of nitrogens with one attached hydrogen (secondary N) is 2. The van der Waals surface area contributed by atoms with Crippen LogP contribution in [-0.4, -0.2) is 35.5 Å². The van der Waals surface area contributed by atoms with Crippen molar-refractivity contribution < 1.29 is 14.4 Å². The first-order valence-corrected chi connectivity index (χ1v) is 15.0. The Balaban J connectivity index is 1.02. The fraction of sp³-hybridized carbons (Fsp3) is 0.606. The van der Waals surface area contributed by atoms with E-state index in [4.69, 9.17) is 4.84 Å². The molecule has 4 aliphatic carbocycles. The van der Waals surface area contributed by atoms with Crippen molar-refractivity contribution >= 4 is 28.3 Å². The van der Waals surface area contributed by atoms with Crippen molar-refractivity contribution in [2.45, 2.75) is 78.6 Å². The molecule has 0 radical (unpaired) electrons. The summed E-state index contributed by atoms with van der Waals surface area (Å²) < 4.78 is 0. The lowest BCUT2D eigenvalue weighted by atomic mass is 9.46.